The van der Waals surface area contributed by atoms with Crippen LogP contribution in [0.25, 0.3) is 0 Å². The molecule has 0 fully saturated rings. The number of thioether (sulfide) groups is 1. The van der Waals surface area contributed by atoms with Crippen LogP contribution in [0.15, 0.2) is 65.6 Å². The lowest BCUT2D eigenvalue weighted by Crippen LogP contribution is -2.45. The number of benzene rings is 2. The molecule has 0 radical (unpaired) electrons. The SMILES string of the molecule is CNC(CO)(CSc1ccccc1)c1ccccc1. The monoisotopic (exact) mass is 273 g/mol. The summed E-state index contributed by atoms with van der Waals surface area (Å²) in [5.74, 6) is 0.786. The van der Waals surface area contributed by atoms with Crippen molar-refractivity contribution in [2.45, 2.75) is 10.4 Å². The van der Waals surface area contributed by atoms with Gasteiger partial charge in [-0.2, -0.15) is 0 Å². The van der Waals surface area contributed by atoms with E-state index in [1.807, 2.05) is 43.4 Å². The molecule has 0 bridgehead atoms. The van der Waals surface area contributed by atoms with E-state index in [-0.39, 0.29) is 6.61 Å². The van der Waals surface area contributed by atoms with Gasteiger partial charge >= 0.3 is 0 Å². The second-order valence-electron chi connectivity index (χ2n) is 4.46. The first-order valence-electron chi connectivity index (χ1n) is 6.34. The van der Waals surface area contributed by atoms with Crippen LogP contribution < -0.4 is 5.32 Å². The van der Waals surface area contributed by atoms with Crippen molar-refractivity contribution in [3.05, 3.63) is 66.2 Å². The Morgan fingerprint density at radius 3 is 2.11 bits per heavy atom. The molecular weight excluding hydrogens is 254 g/mol. The van der Waals surface area contributed by atoms with Crippen LogP contribution in [0.3, 0.4) is 0 Å². The number of aliphatic hydroxyl groups is 1. The van der Waals surface area contributed by atoms with Gasteiger partial charge in [-0.3, -0.25) is 0 Å². The molecule has 1 atom stereocenters. The largest absolute Gasteiger partial charge is 0.394 e. The van der Waals surface area contributed by atoms with E-state index in [9.17, 15) is 5.11 Å². The first kappa shape index (κ1) is 14.1. The van der Waals surface area contributed by atoms with Gasteiger partial charge in [0.05, 0.1) is 12.1 Å². The lowest BCUT2D eigenvalue weighted by Gasteiger charge is -2.32. The third-order valence-corrected chi connectivity index (χ3v) is 4.55. The summed E-state index contributed by atoms with van der Waals surface area (Å²) in [5.41, 5.74) is 0.713. The quantitative estimate of drug-likeness (QED) is 0.794. The van der Waals surface area contributed by atoms with E-state index >= 15 is 0 Å². The Morgan fingerprint density at radius 1 is 1.00 bits per heavy atom. The second-order valence-corrected chi connectivity index (χ2v) is 5.51. The summed E-state index contributed by atoms with van der Waals surface area (Å²) in [6, 6.07) is 20.4. The fourth-order valence-corrected chi connectivity index (χ4v) is 3.16. The number of hydrogen-bond acceptors (Lipinski definition) is 3. The molecule has 3 heteroatoms. The molecule has 0 spiro atoms. The van der Waals surface area contributed by atoms with Crippen molar-refractivity contribution < 1.29 is 5.11 Å². The van der Waals surface area contributed by atoms with Crippen molar-refractivity contribution in [2.75, 3.05) is 19.4 Å². The fraction of sp³-hybridized carbons (Fsp3) is 0.250. The topological polar surface area (TPSA) is 32.3 Å². The van der Waals surface area contributed by atoms with Crippen molar-refractivity contribution in [1.29, 1.82) is 0 Å². The zero-order valence-electron chi connectivity index (χ0n) is 11.0. The molecule has 1 unspecified atom stereocenters. The van der Waals surface area contributed by atoms with Gasteiger partial charge in [0.2, 0.25) is 0 Å². The Kier molecular flexibility index (Phi) is 5.02. The number of rotatable bonds is 6. The van der Waals surface area contributed by atoms with E-state index in [4.69, 9.17) is 0 Å². The van der Waals surface area contributed by atoms with Crippen molar-refractivity contribution >= 4 is 11.8 Å². The number of hydrogen-bond donors (Lipinski definition) is 2. The van der Waals surface area contributed by atoms with Crippen LogP contribution >= 0.6 is 11.8 Å². The molecule has 0 aliphatic carbocycles. The van der Waals surface area contributed by atoms with Gasteiger partial charge in [-0.1, -0.05) is 48.5 Å². The molecule has 0 aromatic heterocycles. The van der Waals surface area contributed by atoms with Gasteiger partial charge in [0.15, 0.2) is 0 Å². The highest BCUT2D eigenvalue weighted by Crippen LogP contribution is 2.29. The highest BCUT2D eigenvalue weighted by atomic mass is 32.2. The van der Waals surface area contributed by atoms with Crippen molar-refractivity contribution in [1.82, 2.24) is 5.32 Å². The molecule has 0 saturated heterocycles. The highest BCUT2D eigenvalue weighted by molar-refractivity contribution is 7.99. The Labute approximate surface area is 118 Å². The standard InChI is InChI=1S/C16H19NOS/c1-17-16(12-18,14-8-4-2-5-9-14)13-19-15-10-6-3-7-11-15/h2-11,17-18H,12-13H2,1H3. The number of nitrogens with one attached hydrogen (secondary N) is 1. The average Bonchev–Trinajstić information content (AvgIpc) is 2.51. The van der Waals surface area contributed by atoms with Gasteiger partial charge in [-0.15, -0.1) is 11.8 Å². The van der Waals surface area contributed by atoms with E-state index in [0.717, 1.165) is 11.3 Å². The average molecular weight is 273 g/mol. The van der Waals surface area contributed by atoms with Gasteiger partial charge < -0.3 is 10.4 Å². The maximum absolute atomic E-state index is 9.83. The van der Waals surface area contributed by atoms with E-state index in [0.29, 0.717) is 0 Å². The van der Waals surface area contributed by atoms with E-state index in [1.54, 1.807) is 11.8 Å². The summed E-state index contributed by atoms with van der Waals surface area (Å²) in [4.78, 5) is 1.21. The molecule has 2 aromatic carbocycles. The summed E-state index contributed by atoms with van der Waals surface area (Å²) < 4.78 is 0. The van der Waals surface area contributed by atoms with Crippen LogP contribution in [-0.4, -0.2) is 24.5 Å². The summed E-state index contributed by atoms with van der Waals surface area (Å²) in [5, 5.41) is 13.1. The summed E-state index contributed by atoms with van der Waals surface area (Å²) in [6.45, 7) is 0.0767. The van der Waals surface area contributed by atoms with Crippen LogP contribution in [0, 0.1) is 0 Å². The Balaban J connectivity index is 2.16. The molecule has 100 valence electrons. The minimum atomic E-state index is -0.401. The van der Waals surface area contributed by atoms with Crippen LogP contribution in [0.1, 0.15) is 5.56 Å². The van der Waals surface area contributed by atoms with Gasteiger partial charge in [0.25, 0.3) is 0 Å². The van der Waals surface area contributed by atoms with Gasteiger partial charge in [0, 0.05) is 10.6 Å². The first-order chi connectivity index (χ1) is 9.30. The molecule has 2 N–H and O–H groups in total. The minimum absolute atomic E-state index is 0.0767. The van der Waals surface area contributed by atoms with Crippen molar-refractivity contribution in [3.8, 4) is 0 Å². The Hall–Kier alpha value is -1.29. The molecule has 0 amide bonds. The summed E-state index contributed by atoms with van der Waals surface area (Å²) in [7, 11) is 1.90. The predicted molar refractivity (Wildman–Crippen MR) is 81.4 cm³/mol. The molecule has 0 aliphatic rings. The van der Waals surface area contributed by atoms with Crippen LogP contribution in [-0.2, 0) is 5.54 Å². The van der Waals surface area contributed by atoms with Crippen molar-refractivity contribution in [3.63, 3.8) is 0 Å². The van der Waals surface area contributed by atoms with Gasteiger partial charge in [-0.25, -0.2) is 0 Å². The minimum Gasteiger partial charge on any atom is -0.394 e. The highest BCUT2D eigenvalue weighted by Gasteiger charge is 2.29. The van der Waals surface area contributed by atoms with Crippen LogP contribution in [0.2, 0.25) is 0 Å². The number of aliphatic hydroxyl groups excluding tert-OH is 1. The molecule has 0 saturated carbocycles. The van der Waals surface area contributed by atoms with Gasteiger partial charge in [0.1, 0.15) is 0 Å². The molecular formula is C16H19NOS. The van der Waals surface area contributed by atoms with E-state index < -0.39 is 5.54 Å². The predicted octanol–water partition coefficient (Wildman–Crippen LogP) is 2.89. The smallest absolute Gasteiger partial charge is 0.0761 e. The maximum atomic E-state index is 9.83. The molecule has 2 aromatic rings. The zero-order chi connectivity index (χ0) is 13.6. The Morgan fingerprint density at radius 2 is 1.58 bits per heavy atom. The zero-order valence-corrected chi connectivity index (χ0v) is 11.9. The summed E-state index contributed by atoms with van der Waals surface area (Å²) >= 11 is 1.75. The molecule has 0 aliphatic heterocycles. The second kappa shape index (κ2) is 6.75. The first-order valence-corrected chi connectivity index (χ1v) is 7.32. The molecule has 0 heterocycles. The third kappa shape index (κ3) is 3.38. The van der Waals surface area contributed by atoms with Crippen LogP contribution in [0.4, 0.5) is 0 Å². The fourth-order valence-electron chi connectivity index (χ4n) is 2.00. The van der Waals surface area contributed by atoms with E-state index in [1.165, 1.54) is 4.90 Å². The number of likely N-dealkylation sites (N-methyl/N-ethyl adjacent to an activating group) is 1. The van der Waals surface area contributed by atoms with Gasteiger partial charge in [-0.05, 0) is 24.7 Å². The van der Waals surface area contributed by atoms with Crippen LogP contribution in [0.5, 0.6) is 0 Å². The molecule has 2 nitrogen and oxygen atoms in total. The Bertz CT molecular complexity index is 483. The third-order valence-electron chi connectivity index (χ3n) is 3.30. The lowest BCUT2D eigenvalue weighted by atomic mass is 9.93. The normalized spacial score (nSPS) is 14.0. The maximum Gasteiger partial charge on any atom is 0.0761 e. The molecule has 2 rings (SSSR count). The molecule has 19 heavy (non-hydrogen) atoms. The van der Waals surface area contributed by atoms with Crippen molar-refractivity contribution in [2.24, 2.45) is 0 Å². The lowest BCUT2D eigenvalue weighted by molar-refractivity contribution is 0.187. The van der Waals surface area contributed by atoms with E-state index in [2.05, 4.69) is 29.6 Å². The summed E-state index contributed by atoms with van der Waals surface area (Å²) in [6.07, 6.45) is 0.